The van der Waals surface area contributed by atoms with Gasteiger partial charge in [-0.15, -0.1) is 0 Å². The molecule has 1 aromatic rings. The summed E-state index contributed by atoms with van der Waals surface area (Å²) >= 11 is 5.92. The van der Waals surface area contributed by atoms with E-state index in [1.165, 1.54) is 0 Å². The van der Waals surface area contributed by atoms with Crippen molar-refractivity contribution >= 4 is 17.6 Å². The van der Waals surface area contributed by atoms with E-state index in [9.17, 15) is 0 Å². The van der Waals surface area contributed by atoms with E-state index in [1.807, 2.05) is 31.3 Å². The average Bonchev–Trinajstić information content (AvgIpc) is 3.00. The van der Waals surface area contributed by atoms with E-state index in [4.69, 9.17) is 21.1 Å². The molecule has 22 heavy (non-hydrogen) atoms. The number of rotatable bonds is 6. The lowest BCUT2D eigenvalue weighted by Gasteiger charge is -2.24. The smallest absolute Gasteiger partial charge is 0.193 e. The molecule has 1 unspecified atom stereocenters. The molecule has 0 amide bonds. The lowest BCUT2D eigenvalue weighted by Crippen LogP contribution is -2.42. The Bertz CT molecular complexity index is 490. The normalized spacial score (nSPS) is 18.3. The Morgan fingerprint density at radius 2 is 2.41 bits per heavy atom. The fourth-order valence-corrected chi connectivity index (χ4v) is 2.65. The summed E-state index contributed by atoms with van der Waals surface area (Å²) in [5.74, 6) is 2.24. The summed E-state index contributed by atoms with van der Waals surface area (Å²) in [6, 6.07) is 7.41. The number of aliphatic imine (C=N–C) groups is 1. The van der Waals surface area contributed by atoms with Gasteiger partial charge in [0.15, 0.2) is 5.96 Å². The summed E-state index contributed by atoms with van der Waals surface area (Å²) in [6.07, 6.45) is 1.12. The van der Waals surface area contributed by atoms with E-state index in [1.54, 1.807) is 7.05 Å². The Morgan fingerprint density at radius 1 is 1.55 bits per heavy atom. The molecule has 6 heteroatoms. The predicted molar refractivity (Wildman–Crippen MR) is 89.9 cm³/mol. The van der Waals surface area contributed by atoms with Crippen molar-refractivity contribution in [3.05, 3.63) is 29.3 Å². The van der Waals surface area contributed by atoms with Crippen LogP contribution in [0.25, 0.3) is 0 Å². The van der Waals surface area contributed by atoms with Gasteiger partial charge in [-0.2, -0.15) is 0 Å². The number of nitrogens with one attached hydrogen (secondary N) is 1. The maximum atomic E-state index is 5.92. The zero-order chi connectivity index (χ0) is 15.8. The first kappa shape index (κ1) is 16.9. The Morgan fingerprint density at radius 3 is 3.09 bits per heavy atom. The third-order valence-corrected chi connectivity index (χ3v) is 3.81. The zero-order valence-electron chi connectivity index (χ0n) is 13.2. The highest BCUT2D eigenvalue weighted by Gasteiger charge is 2.18. The molecule has 1 aliphatic heterocycles. The lowest BCUT2D eigenvalue weighted by molar-refractivity contribution is 0.181. The Labute approximate surface area is 137 Å². The predicted octanol–water partition coefficient (Wildman–Crippen LogP) is 2.26. The van der Waals surface area contributed by atoms with Crippen molar-refractivity contribution in [3.8, 4) is 5.75 Å². The van der Waals surface area contributed by atoms with Crippen LogP contribution in [0.2, 0.25) is 5.02 Å². The monoisotopic (exact) mass is 325 g/mol. The SMILES string of the molecule is CN=C(NCCOc1cccc(Cl)c1)N(C)CC1CCOC1. The summed E-state index contributed by atoms with van der Waals surface area (Å²) in [7, 11) is 3.84. The third-order valence-electron chi connectivity index (χ3n) is 3.58. The van der Waals surface area contributed by atoms with Crippen LogP contribution < -0.4 is 10.1 Å². The maximum Gasteiger partial charge on any atom is 0.193 e. The van der Waals surface area contributed by atoms with Gasteiger partial charge in [0.05, 0.1) is 13.2 Å². The Balaban J connectivity index is 1.69. The summed E-state index contributed by atoms with van der Waals surface area (Å²) in [6.45, 7) is 3.91. The largest absolute Gasteiger partial charge is 0.492 e. The molecule has 0 aromatic heterocycles. The van der Waals surface area contributed by atoms with Crippen LogP contribution in [0.15, 0.2) is 29.3 Å². The summed E-state index contributed by atoms with van der Waals surface area (Å²) in [5.41, 5.74) is 0. The maximum absolute atomic E-state index is 5.92. The van der Waals surface area contributed by atoms with Crippen LogP contribution in [0, 0.1) is 5.92 Å². The van der Waals surface area contributed by atoms with E-state index in [-0.39, 0.29) is 0 Å². The molecule has 0 bridgehead atoms. The van der Waals surface area contributed by atoms with Crippen LogP contribution in [0.3, 0.4) is 0 Å². The van der Waals surface area contributed by atoms with Crippen molar-refractivity contribution in [1.29, 1.82) is 0 Å². The molecule has 1 saturated heterocycles. The first-order valence-corrected chi connectivity index (χ1v) is 7.94. The Hall–Kier alpha value is -1.46. The second kappa shape index (κ2) is 8.86. The minimum atomic E-state index is 0.555. The number of ether oxygens (including phenoxy) is 2. The molecule has 1 N–H and O–H groups in total. The van der Waals surface area contributed by atoms with Crippen LogP contribution in [0.1, 0.15) is 6.42 Å². The number of nitrogens with zero attached hydrogens (tertiary/aromatic N) is 2. The number of benzene rings is 1. The van der Waals surface area contributed by atoms with Crippen LogP contribution in [0.5, 0.6) is 5.75 Å². The van der Waals surface area contributed by atoms with Crippen molar-refractivity contribution in [3.63, 3.8) is 0 Å². The Kier molecular flexibility index (Phi) is 6.80. The molecule has 1 heterocycles. The third kappa shape index (κ3) is 5.39. The molecule has 1 atom stereocenters. The molecule has 0 saturated carbocycles. The van der Waals surface area contributed by atoms with Gasteiger partial charge in [0.2, 0.25) is 0 Å². The number of halogens is 1. The number of hydrogen-bond donors (Lipinski definition) is 1. The fraction of sp³-hybridized carbons (Fsp3) is 0.562. The molecule has 0 aliphatic carbocycles. The van der Waals surface area contributed by atoms with Crippen molar-refractivity contribution in [2.75, 3.05) is 47.0 Å². The van der Waals surface area contributed by atoms with Gasteiger partial charge in [0.1, 0.15) is 12.4 Å². The molecular weight excluding hydrogens is 302 g/mol. The summed E-state index contributed by atoms with van der Waals surface area (Å²) < 4.78 is 11.1. The van der Waals surface area contributed by atoms with E-state index in [2.05, 4.69) is 15.2 Å². The molecule has 1 fully saturated rings. The van der Waals surface area contributed by atoms with Crippen molar-refractivity contribution in [2.24, 2.45) is 10.9 Å². The van der Waals surface area contributed by atoms with E-state index in [0.29, 0.717) is 24.1 Å². The number of guanidine groups is 1. The molecule has 122 valence electrons. The lowest BCUT2D eigenvalue weighted by atomic mass is 10.1. The summed E-state index contributed by atoms with van der Waals surface area (Å²) in [4.78, 5) is 6.44. The van der Waals surface area contributed by atoms with Crippen LogP contribution in [-0.2, 0) is 4.74 Å². The highest BCUT2D eigenvalue weighted by Crippen LogP contribution is 2.16. The second-order valence-corrected chi connectivity index (χ2v) is 5.83. The van der Waals surface area contributed by atoms with Crippen LogP contribution in [0.4, 0.5) is 0 Å². The summed E-state index contributed by atoms with van der Waals surface area (Å²) in [5, 5.41) is 3.99. The number of hydrogen-bond acceptors (Lipinski definition) is 3. The molecule has 0 spiro atoms. The second-order valence-electron chi connectivity index (χ2n) is 5.39. The van der Waals surface area contributed by atoms with Crippen LogP contribution >= 0.6 is 11.6 Å². The van der Waals surface area contributed by atoms with Crippen LogP contribution in [-0.4, -0.2) is 57.9 Å². The molecule has 1 aromatic carbocycles. The zero-order valence-corrected chi connectivity index (χ0v) is 14.0. The first-order chi connectivity index (χ1) is 10.7. The average molecular weight is 326 g/mol. The van der Waals surface area contributed by atoms with Gasteiger partial charge >= 0.3 is 0 Å². The first-order valence-electron chi connectivity index (χ1n) is 7.57. The minimum absolute atomic E-state index is 0.555. The van der Waals surface area contributed by atoms with E-state index in [0.717, 1.165) is 37.9 Å². The standard InChI is InChI=1S/C16H24ClN3O2/c1-18-16(20(2)11-13-6-8-21-12-13)19-7-9-22-15-5-3-4-14(17)10-15/h3-5,10,13H,6-9,11-12H2,1-2H3,(H,18,19). The van der Waals surface area contributed by atoms with Crippen molar-refractivity contribution in [1.82, 2.24) is 10.2 Å². The van der Waals surface area contributed by atoms with Gasteiger partial charge in [-0.1, -0.05) is 17.7 Å². The van der Waals surface area contributed by atoms with E-state index >= 15 is 0 Å². The fourth-order valence-electron chi connectivity index (χ4n) is 2.47. The topological polar surface area (TPSA) is 46.1 Å². The molecule has 0 radical (unpaired) electrons. The minimum Gasteiger partial charge on any atom is -0.492 e. The molecular formula is C16H24ClN3O2. The van der Waals surface area contributed by atoms with Crippen molar-refractivity contribution < 1.29 is 9.47 Å². The molecule has 5 nitrogen and oxygen atoms in total. The molecule has 1 aliphatic rings. The van der Waals surface area contributed by atoms with Gasteiger partial charge < -0.3 is 19.7 Å². The van der Waals surface area contributed by atoms with E-state index < -0.39 is 0 Å². The van der Waals surface area contributed by atoms with Gasteiger partial charge in [-0.05, 0) is 24.6 Å². The van der Waals surface area contributed by atoms with Gasteiger partial charge in [0.25, 0.3) is 0 Å². The highest BCUT2D eigenvalue weighted by atomic mass is 35.5. The quantitative estimate of drug-likeness (QED) is 0.495. The van der Waals surface area contributed by atoms with Gasteiger partial charge in [-0.25, -0.2) is 0 Å². The van der Waals surface area contributed by atoms with Gasteiger partial charge in [0, 0.05) is 38.2 Å². The van der Waals surface area contributed by atoms with Gasteiger partial charge in [-0.3, -0.25) is 4.99 Å². The highest BCUT2D eigenvalue weighted by molar-refractivity contribution is 6.30. The molecule has 2 rings (SSSR count). The van der Waals surface area contributed by atoms with Crippen molar-refractivity contribution in [2.45, 2.75) is 6.42 Å².